The highest BCUT2D eigenvalue weighted by Crippen LogP contribution is 2.38. The summed E-state index contributed by atoms with van der Waals surface area (Å²) in [5.41, 5.74) is 1.69. The van der Waals surface area contributed by atoms with Crippen molar-refractivity contribution in [2.45, 2.75) is 39.5 Å². The van der Waals surface area contributed by atoms with Crippen molar-refractivity contribution in [1.82, 2.24) is 0 Å². The minimum Gasteiger partial charge on any atom is -0.550 e. The first-order valence-electron chi connectivity index (χ1n) is 10.5. The SMILES string of the molecule is CCOC(=O)c1c(-c2ccc(OCC)cc2)csc1NC(=O)[C@H]1CCCC[C@H]1C(=O)[O-]. The Kier molecular flexibility index (Phi) is 7.68. The molecule has 0 unspecified atom stereocenters. The van der Waals surface area contributed by atoms with Gasteiger partial charge >= 0.3 is 5.97 Å². The molecule has 1 heterocycles. The van der Waals surface area contributed by atoms with E-state index in [9.17, 15) is 19.5 Å². The molecular weight excluding hydrogens is 418 g/mol. The molecule has 0 radical (unpaired) electrons. The van der Waals surface area contributed by atoms with Crippen LogP contribution in [0.4, 0.5) is 5.00 Å². The lowest BCUT2D eigenvalue weighted by Gasteiger charge is -2.31. The lowest BCUT2D eigenvalue weighted by Crippen LogP contribution is -2.42. The monoisotopic (exact) mass is 444 g/mol. The van der Waals surface area contributed by atoms with Crippen molar-refractivity contribution in [3.05, 3.63) is 35.2 Å². The smallest absolute Gasteiger partial charge is 0.341 e. The molecule has 1 aliphatic carbocycles. The third kappa shape index (κ3) is 5.25. The fourth-order valence-electron chi connectivity index (χ4n) is 3.90. The predicted molar refractivity (Wildman–Crippen MR) is 116 cm³/mol. The average molecular weight is 445 g/mol. The van der Waals surface area contributed by atoms with Gasteiger partial charge in [0.15, 0.2) is 0 Å². The van der Waals surface area contributed by atoms with E-state index in [4.69, 9.17) is 9.47 Å². The zero-order chi connectivity index (χ0) is 22.4. The van der Waals surface area contributed by atoms with Gasteiger partial charge in [0.25, 0.3) is 0 Å². The number of amides is 1. The van der Waals surface area contributed by atoms with E-state index in [0.29, 0.717) is 30.0 Å². The number of hydrogen-bond donors (Lipinski definition) is 1. The number of benzene rings is 1. The Hall–Kier alpha value is -2.87. The van der Waals surface area contributed by atoms with Crippen molar-refractivity contribution in [3.8, 4) is 16.9 Å². The normalized spacial score (nSPS) is 18.3. The maximum Gasteiger partial charge on any atom is 0.341 e. The van der Waals surface area contributed by atoms with E-state index < -0.39 is 29.7 Å². The second-order valence-corrected chi connectivity index (χ2v) is 8.22. The Morgan fingerprint density at radius 2 is 1.74 bits per heavy atom. The van der Waals surface area contributed by atoms with Crippen LogP contribution in [0.25, 0.3) is 11.1 Å². The molecule has 1 N–H and O–H groups in total. The number of aliphatic carboxylic acids is 1. The first-order valence-corrected chi connectivity index (χ1v) is 11.4. The lowest BCUT2D eigenvalue weighted by atomic mass is 9.79. The molecule has 0 saturated heterocycles. The molecule has 31 heavy (non-hydrogen) atoms. The minimum absolute atomic E-state index is 0.195. The number of carbonyl (C=O) groups excluding carboxylic acids is 3. The predicted octanol–water partition coefficient (Wildman–Crippen LogP) is 3.49. The molecule has 2 aromatic rings. The van der Waals surface area contributed by atoms with E-state index in [1.54, 1.807) is 12.3 Å². The van der Waals surface area contributed by atoms with Gasteiger partial charge in [-0.1, -0.05) is 25.0 Å². The molecule has 3 rings (SSSR count). The Morgan fingerprint density at radius 1 is 1.06 bits per heavy atom. The van der Waals surface area contributed by atoms with Gasteiger partial charge in [-0.15, -0.1) is 11.3 Å². The number of ether oxygens (including phenoxy) is 2. The van der Waals surface area contributed by atoms with E-state index in [1.165, 1.54) is 11.3 Å². The number of thiophene rings is 1. The summed E-state index contributed by atoms with van der Waals surface area (Å²) >= 11 is 1.21. The van der Waals surface area contributed by atoms with Gasteiger partial charge in [0.2, 0.25) is 5.91 Å². The van der Waals surface area contributed by atoms with Crippen molar-refractivity contribution in [2.24, 2.45) is 11.8 Å². The summed E-state index contributed by atoms with van der Waals surface area (Å²) in [6, 6.07) is 7.32. The molecule has 7 nitrogen and oxygen atoms in total. The van der Waals surface area contributed by atoms with Crippen LogP contribution in [0.1, 0.15) is 49.9 Å². The van der Waals surface area contributed by atoms with E-state index in [2.05, 4.69) is 5.32 Å². The highest BCUT2D eigenvalue weighted by atomic mass is 32.1. The quantitative estimate of drug-likeness (QED) is 0.625. The van der Waals surface area contributed by atoms with E-state index in [-0.39, 0.29) is 12.2 Å². The lowest BCUT2D eigenvalue weighted by molar-refractivity contribution is -0.313. The average Bonchev–Trinajstić information content (AvgIpc) is 3.18. The maximum absolute atomic E-state index is 12.9. The fourth-order valence-corrected chi connectivity index (χ4v) is 4.86. The molecule has 8 heteroatoms. The molecule has 0 bridgehead atoms. The molecule has 1 saturated carbocycles. The number of nitrogens with one attached hydrogen (secondary N) is 1. The molecule has 1 amide bonds. The Labute approximate surface area is 185 Å². The van der Waals surface area contributed by atoms with Gasteiger partial charge in [-0.25, -0.2) is 4.79 Å². The van der Waals surface area contributed by atoms with Crippen LogP contribution in [0.3, 0.4) is 0 Å². The minimum atomic E-state index is -1.20. The maximum atomic E-state index is 12.9. The summed E-state index contributed by atoms with van der Waals surface area (Å²) in [6.45, 7) is 4.36. The van der Waals surface area contributed by atoms with Crippen molar-refractivity contribution in [3.63, 3.8) is 0 Å². The van der Waals surface area contributed by atoms with Gasteiger partial charge in [0.05, 0.1) is 13.2 Å². The number of carboxylic acids is 1. The molecule has 1 fully saturated rings. The largest absolute Gasteiger partial charge is 0.550 e. The number of rotatable bonds is 8. The van der Waals surface area contributed by atoms with Crippen LogP contribution in [0, 0.1) is 11.8 Å². The van der Waals surface area contributed by atoms with Crippen LogP contribution in [0.2, 0.25) is 0 Å². The van der Waals surface area contributed by atoms with E-state index in [1.807, 2.05) is 31.2 Å². The molecule has 1 aliphatic rings. The van der Waals surface area contributed by atoms with Crippen LogP contribution < -0.4 is 15.2 Å². The zero-order valence-electron chi connectivity index (χ0n) is 17.6. The number of carbonyl (C=O) groups is 3. The molecule has 1 aromatic heterocycles. The van der Waals surface area contributed by atoms with Crippen LogP contribution >= 0.6 is 11.3 Å². The van der Waals surface area contributed by atoms with Crippen LogP contribution in [-0.2, 0) is 14.3 Å². The van der Waals surface area contributed by atoms with E-state index >= 15 is 0 Å². The third-order valence-electron chi connectivity index (χ3n) is 5.39. The highest BCUT2D eigenvalue weighted by molar-refractivity contribution is 7.15. The van der Waals surface area contributed by atoms with Crippen LogP contribution in [0.15, 0.2) is 29.6 Å². The van der Waals surface area contributed by atoms with Crippen molar-refractivity contribution >= 4 is 34.2 Å². The molecule has 1 aromatic carbocycles. The summed E-state index contributed by atoms with van der Waals surface area (Å²) in [5.74, 6) is -2.91. The summed E-state index contributed by atoms with van der Waals surface area (Å²) < 4.78 is 10.7. The molecule has 166 valence electrons. The summed E-state index contributed by atoms with van der Waals surface area (Å²) in [7, 11) is 0. The Morgan fingerprint density at radius 3 is 2.35 bits per heavy atom. The molecular formula is C23H26NO6S-. The first kappa shape index (κ1) is 22.8. The van der Waals surface area contributed by atoms with Gasteiger partial charge in [0, 0.05) is 28.7 Å². The van der Waals surface area contributed by atoms with Crippen LogP contribution in [0.5, 0.6) is 5.75 Å². The molecule has 2 atom stereocenters. The number of esters is 1. The fraction of sp³-hybridized carbons (Fsp3) is 0.435. The van der Waals surface area contributed by atoms with Crippen molar-refractivity contribution < 1.29 is 29.0 Å². The van der Waals surface area contributed by atoms with Crippen LogP contribution in [-0.4, -0.2) is 31.1 Å². The third-order valence-corrected chi connectivity index (χ3v) is 6.28. The summed E-state index contributed by atoms with van der Waals surface area (Å²) in [4.78, 5) is 37.1. The summed E-state index contributed by atoms with van der Waals surface area (Å²) in [5, 5.41) is 16.4. The number of anilines is 1. The molecule has 0 aliphatic heterocycles. The number of carboxylic acid groups (broad SMARTS) is 1. The van der Waals surface area contributed by atoms with Gasteiger partial charge < -0.3 is 24.7 Å². The zero-order valence-corrected chi connectivity index (χ0v) is 18.5. The standard InChI is InChI=1S/C23H27NO6S/c1-3-29-15-11-9-14(10-12-15)18-13-31-21(19(18)23(28)30-4-2)24-20(25)16-7-5-6-8-17(16)22(26)27/h9-13,16-17H,3-8H2,1-2H3,(H,24,25)(H,26,27)/p-1/t16-,17+/m0/s1. The van der Waals surface area contributed by atoms with Gasteiger partial charge in [-0.3, -0.25) is 4.79 Å². The molecule has 0 spiro atoms. The van der Waals surface area contributed by atoms with Gasteiger partial charge in [0.1, 0.15) is 16.3 Å². The van der Waals surface area contributed by atoms with Gasteiger partial charge in [-0.05, 0) is 44.4 Å². The highest BCUT2D eigenvalue weighted by Gasteiger charge is 2.33. The van der Waals surface area contributed by atoms with Crippen molar-refractivity contribution in [1.29, 1.82) is 0 Å². The second-order valence-electron chi connectivity index (χ2n) is 7.34. The summed E-state index contributed by atoms with van der Waals surface area (Å²) in [6.07, 6.45) is 2.45. The van der Waals surface area contributed by atoms with Gasteiger partial charge in [-0.2, -0.15) is 0 Å². The first-order chi connectivity index (χ1) is 15.0. The van der Waals surface area contributed by atoms with E-state index in [0.717, 1.165) is 24.2 Å². The van der Waals surface area contributed by atoms with Crippen molar-refractivity contribution in [2.75, 3.05) is 18.5 Å². The Bertz CT molecular complexity index is 936. The number of hydrogen-bond acceptors (Lipinski definition) is 7. The second kappa shape index (κ2) is 10.4. The Balaban J connectivity index is 1.90. The topological polar surface area (TPSA) is 105 Å².